The van der Waals surface area contributed by atoms with Crippen LogP contribution in [0.5, 0.6) is 0 Å². The van der Waals surface area contributed by atoms with Crippen molar-refractivity contribution < 1.29 is 0 Å². The second kappa shape index (κ2) is 3.02. The zero-order valence-electron chi connectivity index (χ0n) is 8.54. The van der Waals surface area contributed by atoms with Crippen LogP contribution >= 0.6 is 0 Å². The third-order valence-electron chi connectivity index (χ3n) is 3.18. The number of allylic oxidation sites excluding steroid dienone is 2. The van der Waals surface area contributed by atoms with E-state index in [0.717, 1.165) is 0 Å². The summed E-state index contributed by atoms with van der Waals surface area (Å²) >= 11 is 0. The third-order valence-corrected chi connectivity index (χ3v) is 3.18. The Kier molecular flexibility index (Phi) is 1.99. The van der Waals surface area contributed by atoms with Gasteiger partial charge >= 0.3 is 0 Å². The van der Waals surface area contributed by atoms with Crippen LogP contribution < -0.4 is 0 Å². The Hall–Kier alpha value is -1.04. The first-order valence-corrected chi connectivity index (χ1v) is 4.98. The van der Waals surface area contributed by atoms with Crippen LogP contribution in [-0.2, 0) is 0 Å². The van der Waals surface area contributed by atoms with Crippen molar-refractivity contribution in [1.29, 1.82) is 0 Å². The summed E-state index contributed by atoms with van der Waals surface area (Å²) in [7, 11) is 0. The normalized spacial score (nSPS) is 26.5. The van der Waals surface area contributed by atoms with Crippen LogP contribution in [0.3, 0.4) is 0 Å². The molecule has 0 nitrogen and oxygen atoms in total. The molecule has 0 aromatic heterocycles. The first-order valence-electron chi connectivity index (χ1n) is 4.98. The lowest BCUT2D eigenvalue weighted by molar-refractivity contribution is 0.583. The Labute approximate surface area is 80.3 Å². The maximum atomic E-state index is 2.38. The molecule has 68 valence electrons. The Morgan fingerprint density at radius 2 is 1.77 bits per heavy atom. The van der Waals surface area contributed by atoms with E-state index in [1.54, 1.807) is 0 Å². The molecule has 13 heavy (non-hydrogen) atoms. The molecule has 1 aliphatic rings. The molecule has 0 bridgehead atoms. The van der Waals surface area contributed by atoms with Gasteiger partial charge in [-0.25, -0.2) is 0 Å². The van der Waals surface area contributed by atoms with Gasteiger partial charge in [0, 0.05) is 0 Å². The number of rotatable bonds is 0. The molecule has 1 aliphatic carbocycles. The summed E-state index contributed by atoms with van der Waals surface area (Å²) in [6.07, 6.45) is 2.38. The van der Waals surface area contributed by atoms with Gasteiger partial charge in [-0.3, -0.25) is 0 Å². The predicted octanol–water partition coefficient (Wildman–Crippen LogP) is 3.84. The molecule has 0 heterocycles. The predicted molar refractivity (Wildman–Crippen MR) is 57.7 cm³/mol. The highest BCUT2D eigenvalue weighted by molar-refractivity contribution is 5.69. The molecule has 2 atom stereocenters. The van der Waals surface area contributed by atoms with Crippen LogP contribution in [0.4, 0.5) is 0 Å². The van der Waals surface area contributed by atoms with Gasteiger partial charge in [0.15, 0.2) is 0 Å². The highest BCUT2D eigenvalue weighted by Gasteiger charge is 2.20. The maximum absolute atomic E-state index is 2.38. The zero-order chi connectivity index (χ0) is 9.42. The highest BCUT2D eigenvalue weighted by Crippen LogP contribution is 2.36. The van der Waals surface area contributed by atoms with Gasteiger partial charge in [0.2, 0.25) is 0 Å². The van der Waals surface area contributed by atoms with Gasteiger partial charge in [0.25, 0.3) is 0 Å². The fourth-order valence-corrected chi connectivity index (χ4v) is 2.16. The molecule has 0 aliphatic heterocycles. The molecule has 0 saturated heterocycles. The molecule has 0 saturated carbocycles. The molecular weight excluding hydrogens is 156 g/mol. The van der Waals surface area contributed by atoms with Crippen LogP contribution in [0.1, 0.15) is 37.8 Å². The van der Waals surface area contributed by atoms with Gasteiger partial charge in [-0.1, -0.05) is 44.2 Å². The summed E-state index contributed by atoms with van der Waals surface area (Å²) in [5.74, 6) is 1.34. The topological polar surface area (TPSA) is 0 Å². The number of fused-ring (bicyclic) bond motifs is 1. The van der Waals surface area contributed by atoms with Crippen molar-refractivity contribution in [2.45, 2.75) is 26.7 Å². The van der Waals surface area contributed by atoms with E-state index in [1.165, 1.54) is 16.7 Å². The Bertz CT molecular complexity index is 347. The standard InChI is InChI=1S/C13H16/c1-9-8-10(2)12-6-4-5-7-13(12)11(9)3/h4-9,11H,1-3H3. The Morgan fingerprint density at radius 3 is 2.54 bits per heavy atom. The van der Waals surface area contributed by atoms with Crippen LogP contribution in [0.2, 0.25) is 0 Å². The van der Waals surface area contributed by atoms with Gasteiger partial charge < -0.3 is 0 Å². The number of benzene rings is 1. The second-order valence-electron chi connectivity index (χ2n) is 4.08. The van der Waals surface area contributed by atoms with Crippen LogP contribution in [0.25, 0.3) is 5.57 Å². The van der Waals surface area contributed by atoms with Gasteiger partial charge in [0.05, 0.1) is 0 Å². The highest BCUT2D eigenvalue weighted by atomic mass is 14.2. The molecule has 0 radical (unpaired) electrons. The van der Waals surface area contributed by atoms with Crippen molar-refractivity contribution in [3.05, 3.63) is 41.5 Å². The second-order valence-corrected chi connectivity index (χ2v) is 4.08. The van der Waals surface area contributed by atoms with Crippen LogP contribution in [0, 0.1) is 5.92 Å². The first-order chi connectivity index (χ1) is 6.20. The van der Waals surface area contributed by atoms with Crippen molar-refractivity contribution in [3.8, 4) is 0 Å². The van der Waals surface area contributed by atoms with E-state index in [0.29, 0.717) is 11.8 Å². The molecular formula is C13H16. The van der Waals surface area contributed by atoms with Crippen molar-refractivity contribution in [2.75, 3.05) is 0 Å². The minimum atomic E-state index is 0.667. The summed E-state index contributed by atoms with van der Waals surface area (Å²) in [5, 5.41) is 0. The lowest BCUT2D eigenvalue weighted by Crippen LogP contribution is -2.11. The SMILES string of the molecule is CC1=CC(C)C(C)c2ccccc21. The van der Waals surface area contributed by atoms with E-state index in [-0.39, 0.29) is 0 Å². The van der Waals surface area contributed by atoms with Crippen LogP contribution in [-0.4, -0.2) is 0 Å². The zero-order valence-corrected chi connectivity index (χ0v) is 8.54. The van der Waals surface area contributed by atoms with E-state index in [9.17, 15) is 0 Å². The van der Waals surface area contributed by atoms with Crippen LogP contribution in [0.15, 0.2) is 30.3 Å². The molecule has 1 aromatic rings. The third kappa shape index (κ3) is 1.31. The fourth-order valence-electron chi connectivity index (χ4n) is 2.16. The molecule has 1 aromatic carbocycles. The van der Waals surface area contributed by atoms with Crippen molar-refractivity contribution in [1.82, 2.24) is 0 Å². The maximum Gasteiger partial charge on any atom is -0.0124 e. The molecule has 0 heteroatoms. The molecule has 2 rings (SSSR count). The molecule has 0 spiro atoms. The van der Waals surface area contributed by atoms with Gasteiger partial charge in [0.1, 0.15) is 0 Å². The van der Waals surface area contributed by atoms with Gasteiger partial charge in [-0.2, -0.15) is 0 Å². The lowest BCUT2D eigenvalue weighted by atomic mass is 9.78. The largest absolute Gasteiger partial charge is 0.0776 e. The minimum Gasteiger partial charge on any atom is -0.0776 e. The molecule has 0 N–H and O–H groups in total. The monoisotopic (exact) mass is 172 g/mol. The van der Waals surface area contributed by atoms with Gasteiger partial charge in [-0.05, 0) is 35.5 Å². The molecule has 0 amide bonds. The summed E-state index contributed by atoms with van der Waals surface area (Å²) in [6, 6.07) is 8.75. The van der Waals surface area contributed by atoms with Crippen molar-refractivity contribution in [2.24, 2.45) is 5.92 Å². The average molecular weight is 172 g/mol. The summed E-state index contributed by atoms with van der Waals surface area (Å²) < 4.78 is 0. The number of hydrogen-bond donors (Lipinski definition) is 0. The molecule has 2 unspecified atom stereocenters. The lowest BCUT2D eigenvalue weighted by Gasteiger charge is -2.26. The number of hydrogen-bond acceptors (Lipinski definition) is 0. The average Bonchev–Trinajstić information content (AvgIpc) is 2.15. The smallest absolute Gasteiger partial charge is 0.0124 e. The summed E-state index contributed by atoms with van der Waals surface area (Å²) in [5.41, 5.74) is 4.38. The Balaban J connectivity index is 2.58. The van der Waals surface area contributed by atoms with E-state index >= 15 is 0 Å². The van der Waals surface area contributed by atoms with E-state index < -0.39 is 0 Å². The first kappa shape index (κ1) is 8.55. The van der Waals surface area contributed by atoms with Crippen molar-refractivity contribution in [3.63, 3.8) is 0 Å². The van der Waals surface area contributed by atoms with Crippen molar-refractivity contribution >= 4 is 5.57 Å². The molecule has 0 fully saturated rings. The van der Waals surface area contributed by atoms with E-state index in [2.05, 4.69) is 51.1 Å². The Morgan fingerprint density at radius 1 is 1.08 bits per heavy atom. The summed E-state index contributed by atoms with van der Waals surface area (Å²) in [4.78, 5) is 0. The van der Waals surface area contributed by atoms with Gasteiger partial charge in [-0.15, -0.1) is 0 Å². The van der Waals surface area contributed by atoms with E-state index in [1.807, 2.05) is 0 Å². The van der Waals surface area contributed by atoms with E-state index in [4.69, 9.17) is 0 Å². The fraction of sp³-hybridized carbons (Fsp3) is 0.385. The summed E-state index contributed by atoms with van der Waals surface area (Å²) in [6.45, 7) is 6.82. The minimum absolute atomic E-state index is 0.667. The quantitative estimate of drug-likeness (QED) is 0.557.